The molecule has 230 valence electrons. The molecule has 43 heavy (non-hydrogen) atoms. The third kappa shape index (κ3) is 8.09. The van der Waals surface area contributed by atoms with Gasteiger partial charge < -0.3 is 15.0 Å². The van der Waals surface area contributed by atoms with E-state index in [0.29, 0.717) is 10.8 Å². The number of methoxy groups -OCH3 is 1. The van der Waals surface area contributed by atoms with Crippen LogP contribution in [0.25, 0.3) is 0 Å². The maximum Gasteiger partial charge on any atom is 0.264 e. The van der Waals surface area contributed by atoms with Crippen LogP contribution < -0.4 is 14.4 Å². The van der Waals surface area contributed by atoms with Gasteiger partial charge in [-0.2, -0.15) is 0 Å². The number of carbonyl (C=O) groups is 2. The van der Waals surface area contributed by atoms with Crippen LogP contribution in [-0.4, -0.2) is 50.9 Å². The maximum absolute atomic E-state index is 14.2. The van der Waals surface area contributed by atoms with Crippen molar-refractivity contribution in [3.63, 3.8) is 0 Å². The zero-order chi connectivity index (χ0) is 31.1. The van der Waals surface area contributed by atoms with Crippen LogP contribution in [0.3, 0.4) is 0 Å². The van der Waals surface area contributed by atoms with Crippen LogP contribution in [0.15, 0.2) is 71.6 Å². The number of amides is 2. The van der Waals surface area contributed by atoms with Crippen LogP contribution in [0.2, 0.25) is 5.02 Å². The smallest absolute Gasteiger partial charge is 0.264 e. The number of nitrogens with one attached hydrogen (secondary N) is 1. The number of nitrogens with zero attached hydrogens (tertiary/aromatic N) is 2. The predicted molar refractivity (Wildman–Crippen MR) is 170 cm³/mol. The second-order valence-electron chi connectivity index (χ2n) is 11.1. The Morgan fingerprint density at radius 3 is 2.23 bits per heavy atom. The second kappa shape index (κ2) is 14.3. The first-order valence-corrected chi connectivity index (χ1v) is 16.4. The van der Waals surface area contributed by atoms with Crippen molar-refractivity contribution in [2.75, 3.05) is 18.0 Å². The van der Waals surface area contributed by atoms with Crippen molar-refractivity contribution < 1.29 is 22.7 Å². The van der Waals surface area contributed by atoms with Crippen molar-refractivity contribution >= 4 is 39.1 Å². The van der Waals surface area contributed by atoms with Gasteiger partial charge in [-0.05, 0) is 81.1 Å². The number of sulfonamides is 1. The van der Waals surface area contributed by atoms with Crippen molar-refractivity contribution in [1.82, 2.24) is 10.2 Å². The Balaban J connectivity index is 1.69. The van der Waals surface area contributed by atoms with E-state index in [0.717, 1.165) is 53.1 Å². The van der Waals surface area contributed by atoms with E-state index in [1.165, 1.54) is 17.0 Å². The minimum Gasteiger partial charge on any atom is -0.497 e. The van der Waals surface area contributed by atoms with Crippen LogP contribution in [0.4, 0.5) is 5.69 Å². The summed E-state index contributed by atoms with van der Waals surface area (Å²) in [7, 11) is -2.60. The zero-order valence-electron chi connectivity index (χ0n) is 25.2. The number of carbonyl (C=O) groups excluding carboxylic acids is 2. The van der Waals surface area contributed by atoms with Crippen LogP contribution in [0.1, 0.15) is 55.7 Å². The van der Waals surface area contributed by atoms with E-state index < -0.39 is 28.5 Å². The van der Waals surface area contributed by atoms with Gasteiger partial charge in [0.15, 0.2) is 0 Å². The fourth-order valence-corrected chi connectivity index (χ4v) is 6.76. The van der Waals surface area contributed by atoms with Crippen LogP contribution in [-0.2, 0) is 26.2 Å². The van der Waals surface area contributed by atoms with Gasteiger partial charge in [0, 0.05) is 17.6 Å². The van der Waals surface area contributed by atoms with Gasteiger partial charge >= 0.3 is 0 Å². The fourth-order valence-electron chi connectivity index (χ4n) is 5.18. The molecule has 0 unspecified atom stereocenters. The highest BCUT2D eigenvalue weighted by molar-refractivity contribution is 7.92. The van der Waals surface area contributed by atoms with E-state index in [4.69, 9.17) is 16.3 Å². The maximum atomic E-state index is 14.2. The molecular formula is C33H40ClN3O5S. The molecule has 8 nitrogen and oxygen atoms in total. The third-order valence-electron chi connectivity index (χ3n) is 7.96. The first kappa shape index (κ1) is 32.4. The average molecular weight is 626 g/mol. The summed E-state index contributed by atoms with van der Waals surface area (Å²) in [4.78, 5) is 29.1. The number of rotatable bonds is 11. The number of aryl methyl sites for hydroxylation is 2. The van der Waals surface area contributed by atoms with Crippen LogP contribution >= 0.6 is 11.6 Å². The topological polar surface area (TPSA) is 96.0 Å². The molecule has 3 aromatic carbocycles. The molecule has 1 N–H and O–H groups in total. The number of anilines is 1. The highest BCUT2D eigenvalue weighted by Crippen LogP contribution is 2.29. The van der Waals surface area contributed by atoms with Gasteiger partial charge in [0.2, 0.25) is 11.8 Å². The van der Waals surface area contributed by atoms with Gasteiger partial charge in [-0.1, -0.05) is 66.8 Å². The third-order valence-corrected chi connectivity index (χ3v) is 10.2. The Morgan fingerprint density at radius 1 is 0.977 bits per heavy atom. The highest BCUT2D eigenvalue weighted by Gasteiger charge is 2.33. The van der Waals surface area contributed by atoms with Crippen LogP contribution in [0.5, 0.6) is 5.75 Å². The molecule has 0 aliphatic heterocycles. The number of benzene rings is 3. The van der Waals surface area contributed by atoms with Gasteiger partial charge in [-0.25, -0.2) is 8.42 Å². The summed E-state index contributed by atoms with van der Waals surface area (Å²) < 4.78 is 34.4. The van der Waals surface area contributed by atoms with Crippen molar-refractivity contribution in [2.45, 2.75) is 76.4 Å². The second-order valence-corrected chi connectivity index (χ2v) is 13.4. The van der Waals surface area contributed by atoms with Gasteiger partial charge in [0.1, 0.15) is 18.3 Å². The largest absolute Gasteiger partial charge is 0.497 e. The van der Waals surface area contributed by atoms with E-state index >= 15 is 0 Å². The minimum absolute atomic E-state index is 0.0485. The summed E-state index contributed by atoms with van der Waals surface area (Å²) >= 11 is 6.41. The molecule has 0 bridgehead atoms. The predicted octanol–water partition coefficient (Wildman–Crippen LogP) is 6.03. The molecule has 0 saturated heterocycles. The molecule has 1 fully saturated rings. The standard InChI is InChI=1S/C33H40ClN3O5S/c1-23-10-18-30(19-11-23)43(40,41)37(28-15-12-24(2)31(34)20-28)22-32(38)36(21-26-13-16-29(42-4)17-14-26)25(3)33(39)35-27-8-6-5-7-9-27/h10-20,25,27H,5-9,21-22H2,1-4H3,(H,35,39)/t25-/m1/s1. The van der Waals surface area contributed by atoms with E-state index in [2.05, 4.69) is 5.32 Å². The van der Waals surface area contributed by atoms with Crippen molar-refractivity contribution in [1.29, 1.82) is 0 Å². The summed E-state index contributed by atoms with van der Waals surface area (Å²) in [5.41, 5.74) is 2.72. The lowest BCUT2D eigenvalue weighted by Crippen LogP contribution is -2.53. The molecule has 1 aliphatic carbocycles. The van der Waals surface area contributed by atoms with Crippen molar-refractivity contribution in [2.24, 2.45) is 0 Å². The number of ether oxygens (including phenoxy) is 1. The summed E-state index contributed by atoms with van der Waals surface area (Å²) in [6.45, 7) is 4.95. The molecule has 0 radical (unpaired) electrons. The Labute approximate surface area is 260 Å². The Hall–Kier alpha value is -3.56. The molecule has 10 heteroatoms. The highest BCUT2D eigenvalue weighted by atomic mass is 35.5. The molecule has 0 heterocycles. The van der Waals surface area contributed by atoms with Gasteiger partial charge in [0.25, 0.3) is 10.0 Å². The Bertz CT molecular complexity index is 1520. The number of hydrogen-bond acceptors (Lipinski definition) is 5. The van der Waals surface area contributed by atoms with Crippen molar-refractivity contribution in [3.8, 4) is 5.75 Å². The number of halogens is 1. The summed E-state index contributed by atoms with van der Waals surface area (Å²) in [6.07, 6.45) is 5.07. The van der Waals surface area contributed by atoms with Crippen LogP contribution in [0, 0.1) is 13.8 Å². The van der Waals surface area contributed by atoms with E-state index in [1.807, 2.05) is 26.0 Å². The monoisotopic (exact) mass is 625 g/mol. The minimum atomic E-state index is -4.17. The molecule has 1 atom stereocenters. The quantitative estimate of drug-likeness (QED) is 0.281. The number of hydrogen-bond donors (Lipinski definition) is 1. The molecule has 4 rings (SSSR count). The molecule has 1 saturated carbocycles. The lowest BCUT2D eigenvalue weighted by Gasteiger charge is -2.33. The first-order valence-electron chi connectivity index (χ1n) is 14.6. The van der Waals surface area contributed by atoms with Gasteiger partial charge in [-0.15, -0.1) is 0 Å². The molecule has 0 aromatic heterocycles. The van der Waals surface area contributed by atoms with Gasteiger partial charge in [-0.3, -0.25) is 13.9 Å². The molecule has 2 amide bonds. The molecule has 3 aromatic rings. The fraction of sp³-hybridized carbons (Fsp3) is 0.394. The summed E-state index contributed by atoms with van der Waals surface area (Å²) in [5, 5.41) is 3.49. The summed E-state index contributed by atoms with van der Waals surface area (Å²) in [6, 6.07) is 17.8. The molecular weight excluding hydrogens is 586 g/mol. The normalized spacial score (nSPS) is 14.5. The average Bonchev–Trinajstić information content (AvgIpc) is 3.00. The van der Waals surface area contributed by atoms with E-state index in [-0.39, 0.29) is 29.1 Å². The SMILES string of the molecule is COc1ccc(CN(C(=O)CN(c2ccc(C)c(Cl)c2)S(=O)(=O)c2ccc(C)cc2)[C@H](C)C(=O)NC2CCCCC2)cc1. The molecule has 1 aliphatic rings. The lowest BCUT2D eigenvalue weighted by atomic mass is 9.95. The molecule has 0 spiro atoms. The van der Waals surface area contributed by atoms with Gasteiger partial charge in [0.05, 0.1) is 17.7 Å². The first-order chi connectivity index (χ1) is 20.5. The zero-order valence-corrected chi connectivity index (χ0v) is 26.7. The Morgan fingerprint density at radius 2 is 1.63 bits per heavy atom. The Kier molecular flexibility index (Phi) is 10.7. The van der Waals surface area contributed by atoms with E-state index in [9.17, 15) is 18.0 Å². The van der Waals surface area contributed by atoms with E-state index in [1.54, 1.807) is 56.5 Å². The summed E-state index contributed by atoms with van der Waals surface area (Å²) in [5.74, 6) is -0.120. The van der Waals surface area contributed by atoms with Crippen molar-refractivity contribution in [3.05, 3.63) is 88.4 Å². The lowest BCUT2D eigenvalue weighted by molar-refractivity contribution is -0.139.